The van der Waals surface area contributed by atoms with Crippen LogP contribution in [0.3, 0.4) is 0 Å². The van der Waals surface area contributed by atoms with Crippen molar-refractivity contribution in [1.29, 1.82) is 0 Å². The summed E-state index contributed by atoms with van der Waals surface area (Å²) in [6, 6.07) is 9.28. The summed E-state index contributed by atoms with van der Waals surface area (Å²) in [4.78, 5) is 23.9. The lowest BCUT2D eigenvalue weighted by atomic mass is 9.88. The number of amides is 2. The average Bonchev–Trinajstić information content (AvgIpc) is 2.47. The van der Waals surface area contributed by atoms with Gasteiger partial charge in [0.15, 0.2) is 0 Å². The molecule has 20 heavy (non-hydrogen) atoms. The lowest BCUT2D eigenvalue weighted by Crippen LogP contribution is -2.40. The summed E-state index contributed by atoms with van der Waals surface area (Å²) >= 11 is 0. The molecule has 0 aliphatic rings. The summed E-state index contributed by atoms with van der Waals surface area (Å²) in [5.74, 6) is -0.119. The Bertz CT molecular complexity index is 455. The Morgan fingerprint density at radius 2 is 1.80 bits per heavy atom. The molecule has 1 atom stereocenters. The fraction of sp³-hybridized carbons (Fsp3) is 0.500. The second-order valence-electron chi connectivity index (χ2n) is 5.55. The van der Waals surface area contributed by atoms with Gasteiger partial charge in [0.1, 0.15) is 0 Å². The molecular formula is C16H24N2O2. The topological polar surface area (TPSA) is 58.2 Å². The lowest BCUT2D eigenvalue weighted by Gasteiger charge is -2.26. The van der Waals surface area contributed by atoms with E-state index >= 15 is 0 Å². The quantitative estimate of drug-likeness (QED) is 0.838. The van der Waals surface area contributed by atoms with E-state index < -0.39 is 5.41 Å². The molecule has 0 aliphatic heterocycles. The van der Waals surface area contributed by atoms with Crippen molar-refractivity contribution in [2.45, 2.75) is 39.7 Å². The van der Waals surface area contributed by atoms with E-state index in [0.717, 1.165) is 12.0 Å². The third-order valence-corrected chi connectivity index (χ3v) is 3.67. The number of rotatable bonds is 6. The molecule has 0 radical (unpaired) electrons. The van der Waals surface area contributed by atoms with Gasteiger partial charge in [-0.15, -0.1) is 0 Å². The molecule has 4 heteroatoms. The molecule has 0 bridgehead atoms. The first-order valence-corrected chi connectivity index (χ1v) is 6.97. The number of carbonyl (C=O) groups excluding carboxylic acids is 2. The molecule has 4 nitrogen and oxygen atoms in total. The molecule has 0 spiro atoms. The van der Waals surface area contributed by atoms with Crippen molar-refractivity contribution in [3.05, 3.63) is 35.9 Å². The zero-order valence-corrected chi connectivity index (χ0v) is 12.7. The van der Waals surface area contributed by atoms with Gasteiger partial charge in [0, 0.05) is 12.5 Å². The Labute approximate surface area is 121 Å². The number of hydrogen-bond donors (Lipinski definition) is 2. The van der Waals surface area contributed by atoms with E-state index in [1.165, 1.54) is 0 Å². The Kier molecular flexibility index (Phi) is 5.74. The van der Waals surface area contributed by atoms with Crippen LogP contribution in [0.2, 0.25) is 0 Å². The summed E-state index contributed by atoms with van der Waals surface area (Å²) in [7, 11) is 1.60. The third-order valence-electron chi connectivity index (χ3n) is 3.67. The average molecular weight is 276 g/mol. The first kappa shape index (κ1) is 16.2. The molecule has 0 unspecified atom stereocenters. The molecule has 0 fully saturated rings. The van der Waals surface area contributed by atoms with Crippen LogP contribution < -0.4 is 10.6 Å². The Balaban J connectivity index is 2.89. The van der Waals surface area contributed by atoms with Crippen molar-refractivity contribution in [3.8, 4) is 0 Å². The highest BCUT2D eigenvalue weighted by Crippen LogP contribution is 2.23. The molecule has 0 saturated carbocycles. The van der Waals surface area contributed by atoms with Gasteiger partial charge in [0.05, 0.1) is 12.5 Å². The Hall–Kier alpha value is -1.84. The van der Waals surface area contributed by atoms with Gasteiger partial charge >= 0.3 is 0 Å². The molecule has 0 aromatic heterocycles. The molecule has 110 valence electrons. The lowest BCUT2D eigenvalue weighted by molar-refractivity contribution is -0.130. The van der Waals surface area contributed by atoms with Crippen LogP contribution in [0.25, 0.3) is 0 Å². The predicted molar refractivity (Wildman–Crippen MR) is 80.1 cm³/mol. The second-order valence-corrected chi connectivity index (χ2v) is 5.55. The maximum Gasteiger partial charge on any atom is 0.226 e. The molecule has 1 rings (SSSR count). The van der Waals surface area contributed by atoms with Crippen molar-refractivity contribution in [2.24, 2.45) is 5.41 Å². The van der Waals surface area contributed by atoms with Gasteiger partial charge in [-0.05, 0) is 12.0 Å². The highest BCUT2D eigenvalue weighted by atomic mass is 16.2. The van der Waals surface area contributed by atoms with Crippen LogP contribution in [-0.4, -0.2) is 18.9 Å². The van der Waals surface area contributed by atoms with Gasteiger partial charge in [-0.1, -0.05) is 51.1 Å². The van der Waals surface area contributed by atoms with Gasteiger partial charge in [-0.2, -0.15) is 0 Å². The van der Waals surface area contributed by atoms with Crippen molar-refractivity contribution in [3.63, 3.8) is 0 Å². The van der Waals surface area contributed by atoms with E-state index in [1.807, 2.05) is 51.1 Å². The highest BCUT2D eigenvalue weighted by Gasteiger charge is 2.28. The van der Waals surface area contributed by atoms with Crippen LogP contribution in [0, 0.1) is 5.41 Å². The SMILES string of the molecule is CCC(C)(C)C(=O)N[C@@H](CC(=O)NC)c1ccccc1. The molecule has 1 aromatic carbocycles. The zero-order chi connectivity index (χ0) is 15.2. The minimum Gasteiger partial charge on any atom is -0.359 e. The minimum absolute atomic E-state index is 0.0299. The summed E-state index contributed by atoms with van der Waals surface area (Å²) in [5, 5.41) is 5.59. The summed E-state index contributed by atoms with van der Waals surface area (Å²) in [5.41, 5.74) is 0.506. The summed E-state index contributed by atoms with van der Waals surface area (Å²) in [6.45, 7) is 5.80. The Morgan fingerprint density at radius 3 is 2.30 bits per heavy atom. The molecule has 1 aromatic rings. The van der Waals surface area contributed by atoms with Crippen molar-refractivity contribution < 1.29 is 9.59 Å². The molecule has 2 N–H and O–H groups in total. The van der Waals surface area contributed by atoms with Crippen LogP contribution in [0.4, 0.5) is 0 Å². The van der Waals surface area contributed by atoms with Crippen molar-refractivity contribution in [1.82, 2.24) is 10.6 Å². The zero-order valence-electron chi connectivity index (χ0n) is 12.7. The number of carbonyl (C=O) groups is 2. The van der Waals surface area contributed by atoms with E-state index in [0.29, 0.717) is 0 Å². The van der Waals surface area contributed by atoms with Gasteiger partial charge in [-0.3, -0.25) is 9.59 Å². The smallest absolute Gasteiger partial charge is 0.226 e. The van der Waals surface area contributed by atoms with Crippen molar-refractivity contribution in [2.75, 3.05) is 7.05 Å². The van der Waals surface area contributed by atoms with E-state index in [-0.39, 0.29) is 24.3 Å². The largest absolute Gasteiger partial charge is 0.359 e. The van der Waals surface area contributed by atoms with Crippen molar-refractivity contribution >= 4 is 11.8 Å². The fourth-order valence-electron chi connectivity index (χ4n) is 1.74. The van der Waals surface area contributed by atoms with E-state index in [1.54, 1.807) is 7.05 Å². The molecule has 0 aliphatic carbocycles. The first-order valence-electron chi connectivity index (χ1n) is 6.97. The van der Waals surface area contributed by atoms with Crippen LogP contribution >= 0.6 is 0 Å². The van der Waals surface area contributed by atoms with Crippen LogP contribution in [0.1, 0.15) is 45.2 Å². The van der Waals surface area contributed by atoms with Gasteiger partial charge in [0.2, 0.25) is 11.8 Å². The van der Waals surface area contributed by atoms with Crippen LogP contribution in [-0.2, 0) is 9.59 Å². The molecule has 0 saturated heterocycles. The maximum absolute atomic E-state index is 12.3. The van der Waals surface area contributed by atoms with Gasteiger partial charge in [-0.25, -0.2) is 0 Å². The normalized spacial score (nSPS) is 12.6. The van der Waals surface area contributed by atoms with E-state index in [2.05, 4.69) is 10.6 Å². The van der Waals surface area contributed by atoms with E-state index in [9.17, 15) is 9.59 Å². The number of nitrogens with one attached hydrogen (secondary N) is 2. The number of benzene rings is 1. The third kappa shape index (κ3) is 4.37. The molecule has 2 amide bonds. The number of hydrogen-bond acceptors (Lipinski definition) is 2. The monoisotopic (exact) mass is 276 g/mol. The first-order chi connectivity index (χ1) is 9.40. The molecule has 0 heterocycles. The predicted octanol–water partition coefficient (Wildman–Crippen LogP) is 2.42. The summed E-state index contributed by atoms with van der Waals surface area (Å²) in [6.07, 6.45) is 0.992. The summed E-state index contributed by atoms with van der Waals surface area (Å²) < 4.78 is 0. The van der Waals surface area contributed by atoms with E-state index in [4.69, 9.17) is 0 Å². The molecular weight excluding hydrogens is 252 g/mol. The second kappa shape index (κ2) is 7.08. The maximum atomic E-state index is 12.3. The van der Waals surface area contributed by atoms with Gasteiger partial charge in [0.25, 0.3) is 0 Å². The Morgan fingerprint density at radius 1 is 1.20 bits per heavy atom. The van der Waals surface area contributed by atoms with Crippen LogP contribution in [0.5, 0.6) is 0 Å². The standard InChI is InChI=1S/C16H24N2O2/c1-5-16(2,3)15(20)18-13(11-14(19)17-4)12-9-7-6-8-10-12/h6-10,13H,5,11H2,1-4H3,(H,17,19)(H,18,20)/t13-/m0/s1. The minimum atomic E-state index is -0.435. The highest BCUT2D eigenvalue weighted by molar-refractivity contribution is 5.83. The van der Waals surface area contributed by atoms with Gasteiger partial charge < -0.3 is 10.6 Å². The fourth-order valence-corrected chi connectivity index (χ4v) is 1.74. The van der Waals surface area contributed by atoms with Crippen LogP contribution in [0.15, 0.2) is 30.3 Å².